The number of aryl methyl sites for hydroxylation is 1. The van der Waals surface area contributed by atoms with Gasteiger partial charge in [0, 0.05) is 13.1 Å². The van der Waals surface area contributed by atoms with Crippen LogP contribution in [0, 0.1) is 12.7 Å². The molecule has 3 N–H and O–H groups in total. The van der Waals surface area contributed by atoms with Crippen LogP contribution in [0.5, 0.6) is 0 Å². The predicted octanol–water partition coefficient (Wildman–Crippen LogP) is 2.07. The SMILES string of the molecule is Cc1ccc(CNS(=O)(=O)c2ccc(CN)cc2F)cc1. The fourth-order valence-electron chi connectivity index (χ4n) is 1.85. The molecule has 0 aromatic heterocycles. The van der Waals surface area contributed by atoms with E-state index < -0.39 is 15.8 Å². The zero-order valence-electron chi connectivity index (χ0n) is 11.6. The Morgan fingerprint density at radius 2 is 1.71 bits per heavy atom. The molecular formula is C15H17FN2O2S. The number of rotatable bonds is 5. The maximum Gasteiger partial charge on any atom is 0.243 e. The van der Waals surface area contributed by atoms with E-state index in [9.17, 15) is 12.8 Å². The molecule has 4 nitrogen and oxygen atoms in total. The van der Waals surface area contributed by atoms with E-state index in [-0.39, 0.29) is 18.0 Å². The second-order valence-corrected chi connectivity index (χ2v) is 6.51. The molecule has 0 atom stereocenters. The number of hydrogen-bond acceptors (Lipinski definition) is 3. The Labute approximate surface area is 123 Å². The van der Waals surface area contributed by atoms with Gasteiger partial charge in [0.1, 0.15) is 10.7 Å². The summed E-state index contributed by atoms with van der Waals surface area (Å²) in [5.41, 5.74) is 7.84. The molecular weight excluding hydrogens is 291 g/mol. The lowest BCUT2D eigenvalue weighted by Gasteiger charge is -2.09. The summed E-state index contributed by atoms with van der Waals surface area (Å²) in [5.74, 6) is -0.797. The van der Waals surface area contributed by atoms with E-state index in [4.69, 9.17) is 5.73 Å². The third kappa shape index (κ3) is 3.87. The maximum absolute atomic E-state index is 13.8. The maximum atomic E-state index is 13.8. The molecule has 112 valence electrons. The molecule has 0 amide bonds. The van der Waals surface area contributed by atoms with Gasteiger partial charge in [0.05, 0.1) is 0 Å². The van der Waals surface area contributed by atoms with Crippen LogP contribution in [0.15, 0.2) is 47.4 Å². The Bertz CT molecular complexity index is 728. The highest BCUT2D eigenvalue weighted by atomic mass is 32.2. The van der Waals surface area contributed by atoms with Crippen LogP contribution >= 0.6 is 0 Å². The first-order valence-corrected chi connectivity index (χ1v) is 7.94. The van der Waals surface area contributed by atoms with E-state index in [1.54, 1.807) is 0 Å². The molecule has 0 aliphatic rings. The third-order valence-corrected chi connectivity index (χ3v) is 4.54. The molecule has 0 radical (unpaired) electrons. The quantitative estimate of drug-likeness (QED) is 0.888. The minimum absolute atomic E-state index is 0.112. The lowest BCUT2D eigenvalue weighted by molar-refractivity contribution is 0.556. The average Bonchev–Trinajstić information content (AvgIpc) is 2.46. The Morgan fingerprint density at radius 1 is 1.10 bits per heavy atom. The van der Waals surface area contributed by atoms with Crippen molar-refractivity contribution in [1.29, 1.82) is 0 Å². The van der Waals surface area contributed by atoms with Crippen molar-refractivity contribution in [3.63, 3.8) is 0 Å². The molecule has 0 unspecified atom stereocenters. The average molecular weight is 308 g/mol. The smallest absolute Gasteiger partial charge is 0.243 e. The summed E-state index contributed by atoms with van der Waals surface area (Å²) in [5, 5.41) is 0. The van der Waals surface area contributed by atoms with Gasteiger partial charge in [0.15, 0.2) is 0 Å². The van der Waals surface area contributed by atoms with E-state index in [2.05, 4.69) is 4.72 Å². The van der Waals surface area contributed by atoms with Crippen LogP contribution in [0.25, 0.3) is 0 Å². The summed E-state index contributed by atoms with van der Waals surface area (Å²) < 4.78 is 40.4. The molecule has 0 fully saturated rings. The molecule has 0 spiro atoms. The standard InChI is InChI=1S/C15H17FN2O2S/c1-11-2-4-12(5-3-11)10-18-21(19,20)15-7-6-13(9-17)8-14(15)16/h2-8,18H,9-10,17H2,1H3. The fourth-order valence-corrected chi connectivity index (χ4v) is 2.93. The van der Waals surface area contributed by atoms with Crippen molar-refractivity contribution in [2.75, 3.05) is 0 Å². The molecule has 0 aliphatic heterocycles. The summed E-state index contributed by atoms with van der Waals surface area (Å²) in [6, 6.07) is 11.3. The largest absolute Gasteiger partial charge is 0.326 e. The summed E-state index contributed by atoms with van der Waals surface area (Å²) in [6.45, 7) is 2.22. The monoisotopic (exact) mass is 308 g/mol. The molecule has 0 heterocycles. The normalized spacial score (nSPS) is 11.6. The molecule has 0 aliphatic carbocycles. The van der Waals surface area contributed by atoms with Crippen molar-refractivity contribution in [3.05, 3.63) is 65.0 Å². The Balaban J connectivity index is 2.16. The fraction of sp³-hybridized carbons (Fsp3) is 0.200. The second kappa shape index (κ2) is 6.34. The van der Waals surface area contributed by atoms with Gasteiger partial charge < -0.3 is 5.73 Å². The van der Waals surface area contributed by atoms with Gasteiger partial charge in [-0.05, 0) is 30.2 Å². The van der Waals surface area contributed by atoms with Crippen LogP contribution in [-0.4, -0.2) is 8.42 Å². The lowest BCUT2D eigenvalue weighted by atomic mass is 10.2. The van der Waals surface area contributed by atoms with E-state index in [1.807, 2.05) is 31.2 Å². The van der Waals surface area contributed by atoms with Crippen LogP contribution in [0.1, 0.15) is 16.7 Å². The first-order valence-electron chi connectivity index (χ1n) is 6.46. The van der Waals surface area contributed by atoms with Crippen LogP contribution in [0.2, 0.25) is 0 Å². The predicted molar refractivity (Wildman–Crippen MR) is 79.5 cm³/mol. The van der Waals surface area contributed by atoms with Crippen LogP contribution < -0.4 is 10.5 Å². The summed E-state index contributed by atoms with van der Waals surface area (Å²) in [7, 11) is -3.89. The zero-order chi connectivity index (χ0) is 15.5. The van der Waals surface area contributed by atoms with Gasteiger partial charge in [-0.2, -0.15) is 0 Å². The molecule has 6 heteroatoms. The minimum atomic E-state index is -3.89. The van der Waals surface area contributed by atoms with Gasteiger partial charge in [-0.1, -0.05) is 35.9 Å². The van der Waals surface area contributed by atoms with Crippen molar-refractivity contribution in [1.82, 2.24) is 4.72 Å². The number of nitrogens with one attached hydrogen (secondary N) is 1. The van der Waals surface area contributed by atoms with E-state index in [0.717, 1.165) is 17.2 Å². The lowest BCUT2D eigenvalue weighted by Crippen LogP contribution is -2.24. The second-order valence-electron chi connectivity index (χ2n) is 4.78. The molecule has 21 heavy (non-hydrogen) atoms. The van der Waals surface area contributed by atoms with Crippen molar-refractivity contribution in [2.45, 2.75) is 24.9 Å². The number of hydrogen-bond donors (Lipinski definition) is 2. The third-order valence-electron chi connectivity index (χ3n) is 3.11. The van der Waals surface area contributed by atoms with Crippen molar-refractivity contribution < 1.29 is 12.8 Å². The molecule has 0 saturated carbocycles. The zero-order valence-corrected chi connectivity index (χ0v) is 12.5. The number of halogens is 1. The van der Waals surface area contributed by atoms with E-state index in [0.29, 0.717) is 5.56 Å². The van der Waals surface area contributed by atoms with Crippen molar-refractivity contribution >= 4 is 10.0 Å². The number of benzene rings is 2. The van der Waals surface area contributed by atoms with Crippen LogP contribution in [-0.2, 0) is 23.1 Å². The number of sulfonamides is 1. The highest BCUT2D eigenvalue weighted by Gasteiger charge is 2.18. The van der Waals surface area contributed by atoms with Crippen molar-refractivity contribution in [2.24, 2.45) is 5.73 Å². The van der Waals surface area contributed by atoms with Crippen LogP contribution in [0.4, 0.5) is 4.39 Å². The first-order chi connectivity index (χ1) is 9.92. The van der Waals surface area contributed by atoms with E-state index in [1.165, 1.54) is 12.1 Å². The molecule has 0 saturated heterocycles. The molecule has 0 bridgehead atoms. The van der Waals surface area contributed by atoms with Gasteiger partial charge >= 0.3 is 0 Å². The van der Waals surface area contributed by atoms with Gasteiger partial charge in [-0.3, -0.25) is 0 Å². The van der Waals surface area contributed by atoms with Gasteiger partial charge in [-0.25, -0.2) is 17.5 Å². The Morgan fingerprint density at radius 3 is 2.29 bits per heavy atom. The van der Waals surface area contributed by atoms with Gasteiger partial charge in [0.2, 0.25) is 10.0 Å². The molecule has 2 aromatic carbocycles. The van der Waals surface area contributed by atoms with Gasteiger partial charge in [-0.15, -0.1) is 0 Å². The first kappa shape index (κ1) is 15.6. The van der Waals surface area contributed by atoms with Crippen molar-refractivity contribution in [3.8, 4) is 0 Å². The summed E-state index contributed by atoms with van der Waals surface area (Å²) >= 11 is 0. The van der Waals surface area contributed by atoms with Crippen LogP contribution in [0.3, 0.4) is 0 Å². The minimum Gasteiger partial charge on any atom is -0.326 e. The highest BCUT2D eigenvalue weighted by Crippen LogP contribution is 2.16. The summed E-state index contributed by atoms with van der Waals surface area (Å²) in [4.78, 5) is -0.369. The number of nitrogens with two attached hydrogens (primary N) is 1. The Hall–Kier alpha value is -1.76. The highest BCUT2D eigenvalue weighted by molar-refractivity contribution is 7.89. The Kier molecular flexibility index (Phi) is 4.72. The van der Waals surface area contributed by atoms with Gasteiger partial charge in [0.25, 0.3) is 0 Å². The summed E-state index contributed by atoms with van der Waals surface area (Å²) in [6.07, 6.45) is 0. The molecule has 2 rings (SSSR count). The molecule has 2 aromatic rings. The van der Waals surface area contributed by atoms with E-state index >= 15 is 0 Å². The topological polar surface area (TPSA) is 72.2 Å².